The maximum absolute atomic E-state index is 12.2. The standard InChI is InChI=1S/C27H44O3S/c1-16(5-6-18(28)13-17(2)31)21-7-8-22-20-15-25(30)24-14-19(29)9-11-27(24,4)23(20)10-12-26(21,22)3/h16,19-25,29-30H,5-15H2,1-4H3/t16?,19-,20?,21?,22?,23?,24?,25+,26?,27?/m1/s1. The molecule has 10 atom stereocenters. The number of ketones is 1. The number of hydrogen-bond donors (Lipinski definition) is 2. The van der Waals surface area contributed by atoms with E-state index in [1.165, 1.54) is 25.7 Å². The second-order valence-electron chi connectivity index (χ2n) is 12.4. The fourth-order valence-electron chi connectivity index (χ4n) is 9.21. The van der Waals surface area contributed by atoms with Crippen LogP contribution in [0.15, 0.2) is 0 Å². The number of thiocarbonyl (C=S) groups is 1. The number of Topliss-reactive ketones (excluding diaryl/α,β-unsaturated/α-hetero) is 1. The van der Waals surface area contributed by atoms with E-state index in [0.29, 0.717) is 53.6 Å². The largest absolute Gasteiger partial charge is 0.393 e. The molecule has 4 rings (SSSR count). The zero-order valence-corrected chi connectivity index (χ0v) is 20.9. The van der Waals surface area contributed by atoms with Crippen LogP contribution in [0, 0.1) is 46.3 Å². The van der Waals surface area contributed by atoms with Crippen LogP contribution in [0.1, 0.15) is 98.3 Å². The summed E-state index contributed by atoms with van der Waals surface area (Å²) in [6, 6.07) is 0. The van der Waals surface area contributed by atoms with Crippen LogP contribution < -0.4 is 0 Å². The molecule has 4 aliphatic rings. The topological polar surface area (TPSA) is 57.5 Å². The van der Waals surface area contributed by atoms with Gasteiger partial charge in [0.05, 0.1) is 12.2 Å². The highest BCUT2D eigenvalue weighted by Crippen LogP contribution is 2.68. The highest BCUT2D eigenvalue weighted by atomic mass is 32.1. The summed E-state index contributed by atoms with van der Waals surface area (Å²) in [4.78, 5) is 13.0. The van der Waals surface area contributed by atoms with E-state index in [-0.39, 0.29) is 23.5 Å². The van der Waals surface area contributed by atoms with Gasteiger partial charge in [0.25, 0.3) is 0 Å². The molecule has 8 unspecified atom stereocenters. The molecule has 0 spiro atoms. The lowest BCUT2D eigenvalue weighted by Crippen LogP contribution is -2.58. The van der Waals surface area contributed by atoms with E-state index in [0.717, 1.165) is 37.0 Å². The van der Waals surface area contributed by atoms with Crippen LogP contribution in [0.2, 0.25) is 0 Å². The molecule has 0 saturated heterocycles. The normalized spacial score (nSPS) is 47.7. The molecule has 0 amide bonds. The van der Waals surface area contributed by atoms with Crippen LogP contribution in [0.3, 0.4) is 0 Å². The molecule has 0 aliphatic heterocycles. The molecular weight excluding hydrogens is 404 g/mol. The highest BCUT2D eigenvalue weighted by molar-refractivity contribution is 7.80. The lowest BCUT2D eigenvalue weighted by atomic mass is 9.44. The van der Waals surface area contributed by atoms with Crippen molar-refractivity contribution in [1.82, 2.24) is 0 Å². The lowest BCUT2D eigenvalue weighted by Gasteiger charge is -2.62. The molecular formula is C27H44O3S. The first-order valence-corrected chi connectivity index (χ1v) is 13.3. The minimum Gasteiger partial charge on any atom is -0.393 e. The summed E-state index contributed by atoms with van der Waals surface area (Å²) in [5, 5.41) is 21.4. The van der Waals surface area contributed by atoms with Gasteiger partial charge in [0, 0.05) is 12.8 Å². The molecule has 4 heteroatoms. The fourth-order valence-corrected chi connectivity index (χ4v) is 9.37. The second-order valence-corrected chi connectivity index (χ2v) is 13.1. The molecule has 0 radical (unpaired) electrons. The SMILES string of the molecule is CC(=S)CC(=O)CCC(C)C1CCC2C3C[C@H](O)C4C[C@H](O)CCC4(C)C3CCC12C. The van der Waals surface area contributed by atoms with Crippen molar-refractivity contribution < 1.29 is 15.0 Å². The van der Waals surface area contributed by atoms with Gasteiger partial charge in [-0.25, -0.2) is 0 Å². The third-order valence-electron chi connectivity index (χ3n) is 10.7. The van der Waals surface area contributed by atoms with Gasteiger partial charge in [0.2, 0.25) is 0 Å². The Hall–Kier alpha value is -0.320. The Morgan fingerprint density at radius 1 is 1.00 bits per heavy atom. The van der Waals surface area contributed by atoms with Gasteiger partial charge >= 0.3 is 0 Å². The maximum atomic E-state index is 12.2. The Bertz CT molecular complexity index is 707. The first-order valence-electron chi connectivity index (χ1n) is 12.9. The second kappa shape index (κ2) is 8.80. The monoisotopic (exact) mass is 448 g/mol. The van der Waals surface area contributed by atoms with E-state index in [9.17, 15) is 15.0 Å². The molecule has 0 aromatic rings. The number of rotatable bonds is 6. The van der Waals surface area contributed by atoms with E-state index in [1.807, 2.05) is 6.92 Å². The predicted molar refractivity (Wildman–Crippen MR) is 129 cm³/mol. The van der Waals surface area contributed by atoms with Crippen LogP contribution in [0.4, 0.5) is 0 Å². The van der Waals surface area contributed by atoms with Crippen molar-refractivity contribution in [3.8, 4) is 0 Å². The van der Waals surface area contributed by atoms with Crippen LogP contribution >= 0.6 is 12.2 Å². The predicted octanol–water partition coefficient (Wildman–Crippen LogP) is 5.74. The Morgan fingerprint density at radius 3 is 2.39 bits per heavy atom. The fraction of sp³-hybridized carbons (Fsp3) is 0.926. The van der Waals surface area contributed by atoms with Crippen LogP contribution in [0.25, 0.3) is 0 Å². The summed E-state index contributed by atoms with van der Waals surface area (Å²) in [6.45, 7) is 9.22. The van der Waals surface area contributed by atoms with Crippen LogP contribution in [0.5, 0.6) is 0 Å². The van der Waals surface area contributed by atoms with Crippen molar-refractivity contribution in [3.63, 3.8) is 0 Å². The van der Waals surface area contributed by atoms with Gasteiger partial charge < -0.3 is 10.2 Å². The van der Waals surface area contributed by atoms with Gasteiger partial charge in [-0.3, -0.25) is 4.79 Å². The van der Waals surface area contributed by atoms with E-state index >= 15 is 0 Å². The zero-order valence-electron chi connectivity index (χ0n) is 20.1. The highest BCUT2D eigenvalue weighted by Gasteiger charge is 2.62. The number of fused-ring (bicyclic) bond motifs is 5. The average molecular weight is 449 g/mol. The summed E-state index contributed by atoms with van der Waals surface area (Å²) in [5.41, 5.74) is 0.540. The smallest absolute Gasteiger partial charge is 0.137 e. The molecule has 0 aromatic carbocycles. The number of aliphatic hydroxyl groups excluding tert-OH is 2. The minimum atomic E-state index is -0.254. The maximum Gasteiger partial charge on any atom is 0.137 e. The number of hydrogen-bond acceptors (Lipinski definition) is 4. The molecule has 0 aromatic heterocycles. The first-order chi connectivity index (χ1) is 14.6. The van der Waals surface area contributed by atoms with Crippen molar-refractivity contribution in [2.45, 2.75) is 111 Å². The Morgan fingerprint density at radius 2 is 1.68 bits per heavy atom. The first kappa shape index (κ1) is 23.8. The van der Waals surface area contributed by atoms with E-state index < -0.39 is 0 Å². The Balaban J connectivity index is 1.47. The zero-order chi connectivity index (χ0) is 22.6. The summed E-state index contributed by atoms with van der Waals surface area (Å²) in [7, 11) is 0. The Kier molecular flexibility index (Phi) is 6.76. The summed E-state index contributed by atoms with van der Waals surface area (Å²) < 4.78 is 0. The summed E-state index contributed by atoms with van der Waals surface area (Å²) in [6.07, 6.45) is 10.5. The van der Waals surface area contributed by atoms with E-state index in [2.05, 4.69) is 20.8 Å². The lowest BCUT2D eigenvalue weighted by molar-refractivity contribution is -0.172. The third kappa shape index (κ3) is 4.19. The summed E-state index contributed by atoms with van der Waals surface area (Å²) in [5.74, 6) is 3.87. The van der Waals surface area contributed by atoms with E-state index in [1.54, 1.807) is 0 Å². The van der Waals surface area contributed by atoms with Gasteiger partial charge in [0.15, 0.2) is 0 Å². The van der Waals surface area contributed by atoms with Crippen molar-refractivity contribution in [3.05, 3.63) is 0 Å². The molecule has 4 fully saturated rings. The third-order valence-corrected chi connectivity index (χ3v) is 10.9. The van der Waals surface area contributed by atoms with Gasteiger partial charge in [-0.2, -0.15) is 0 Å². The molecule has 31 heavy (non-hydrogen) atoms. The number of aliphatic hydroxyl groups is 2. The molecule has 3 nitrogen and oxygen atoms in total. The molecule has 0 heterocycles. The number of carbonyl (C=O) groups excluding carboxylic acids is 1. The van der Waals surface area contributed by atoms with Gasteiger partial charge in [-0.15, -0.1) is 0 Å². The summed E-state index contributed by atoms with van der Waals surface area (Å²) >= 11 is 5.12. The van der Waals surface area contributed by atoms with Crippen molar-refractivity contribution >= 4 is 22.9 Å². The average Bonchev–Trinajstić information content (AvgIpc) is 3.04. The molecule has 4 aliphatic carbocycles. The van der Waals surface area contributed by atoms with Crippen molar-refractivity contribution in [2.75, 3.05) is 0 Å². The van der Waals surface area contributed by atoms with Crippen molar-refractivity contribution in [2.24, 2.45) is 46.3 Å². The molecule has 0 bridgehead atoms. The molecule has 4 saturated carbocycles. The van der Waals surface area contributed by atoms with Crippen molar-refractivity contribution in [1.29, 1.82) is 0 Å². The van der Waals surface area contributed by atoms with Crippen LogP contribution in [-0.4, -0.2) is 33.1 Å². The van der Waals surface area contributed by atoms with Gasteiger partial charge in [0.1, 0.15) is 5.78 Å². The Labute approximate surface area is 194 Å². The molecule has 176 valence electrons. The quantitative estimate of drug-likeness (QED) is 0.509. The minimum absolute atomic E-state index is 0.192. The number of carbonyl (C=O) groups is 1. The van der Waals surface area contributed by atoms with Crippen LogP contribution in [-0.2, 0) is 4.79 Å². The van der Waals surface area contributed by atoms with Gasteiger partial charge in [-0.05, 0) is 116 Å². The molecule has 2 N–H and O–H groups in total. The van der Waals surface area contributed by atoms with E-state index in [4.69, 9.17) is 12.2 Å². The van der Waals surface area contributed by atoms with Gasteiger partial charge in [-0.1, -0.05) is 33.0 Å².